The molecule has 1 aliphatic heterocycles. The minimum atomic E-state index is -4.07. The largest absolute Gasteiger partial charge is 0.481 e. The van der Waals surface area contributed by atoms with E-state index in [4.69, 9.17) is 10.2 Å². The Kier molecular flexibility index (Phi) is 3.57. The lowest BCUT2D eigenvalue weighted by atomic mass is 10.2. The van der Waals surface area contributed by atoms with E-state index >= 15 is 0 Å². The Morgan fingerprint density at radius 2 is 2.06 bits per heavy atom. The molecule has 0 aromatic heterocycles. The van der Waals surface area contributed by atoms with Gasteiger partial charge in [-0.25, -0.2) is 13.6 Å². The van der Waals surface area contributed by atoms with Crippen LogP contribution < -0.4 is 5.14 Å². The summed E-state index contributed by atoms with van der Waals surface area (Å²) in [5.74, 6) is -2.11. The number of carboxylic acids is 1. The van der Waals surface area contributed by atoms with Crippen LogP contribution in [0.4, 0.5) is 0 Å². The van der Waals surface area contributed by atoms with Gasteiger partial charge in [-0.1, -0.05) is 0 Å². The fourth-order valence-corrected chi connectivity index (χ4v) is 4.21. The van der Waals surface area contributed by atoms with Crippen molar-refractivity contribution in [2.75, 3.05) is 18.1 Å². The lowest BCUT2D eigenvalue weighted by molar-refractivity contribution is -0.137. The first-order valence-corrected chi connectivity index (χ1v) is 7.66. The van der Waals surface area contributed by atoms with Gasteiger partial charge in [-0.05, 0) is 0 Å². The maximum absolute atomic E-state index is 11.3. The van der Waals surface area contributed by atoms with Gasteiger partial charge < -0.3 is 5.11 Å². The van der Waals surface area contributed by atoms with Gasteiger partial charge >= 0.3 is 5.97 Å². The highest BCUT2D eigenvalue weighted by molar-refractivity contribution is 7.91. The molecule has 0 saturated carbocycles. The van der Waals surface area contributed by atoms with Crippen molar-refractivity contribution in [3.8, 4) is 0 Å². The van der Waals surface area contributed by atoms with Crippen LogP contribution in [0, 0.1) is 0 Å². The highest BCUT2D eigenvalue weighted by Gasteiger charge is 2.37. The highest BCUT2D eigenvalue weighted by Crippen LogP contribution is 2.16. The third-order valence-corrected chi connectivity index (χ3v) is 5.05. The zero-order valence-electron chi connectivity index (χ0n) is 8.24. The van der Waals surface area contributed by atoms with Crippen molar-refractivity contribution in [3.05, 3.63) is 0 Å². The van der Waals surface area contributed by atoms with Crippen LogP contribution in [0.3, 0.4) is 0 Å². The van der Waals surface area contributed by atoms with Crippen molar-refractivity contribution in [2.24, 2.45) is 5.14 Å². The van der Waals surface area contributed by atoms with Gasteiger partial charge in [-0.2, -0.15) is 12.7 Å². The molecule has 1 saturated heterocycles. The quantitative estimate of drug-likeness (QED) is 0.596. The second-order valence-electron chi connectivity index (χ2n) is 3.52. The average molecular weight is 272 g/mol. The lowest BCUT2D eigenvalue weighted by Crippen LogP contribution is -2.53. The summed E-state index contributed by atoms with van der Waals surface area (Å²) in [7, 11) is -7.46. The molecule has 0 amide bonds. The molecule has 8 nitrogen and oxygen atoms in total. The molecule has 16 heavy (non-hydrogen) atoms. The Labute approximate surface area is 93.1 Å². The third-order valence-electron chi connectivity index (χ3n) is 2.21. The number of hydrogen-bond acceptors (Lipinski definition) is 5. The van der Waals surface area contributed by atoms with E-state index in [1.54, 1.807) is 0 Å². The smallest absolute Gasteiger partial charge is 0.305 e. The molecule has 94 valence electrons. The Bertz CT molecular complexity index is 481. The maximum Gasteiger partial charge on any atom is 0.305 e. The number of nitrogens with two attached hydrogens (primary N) is 1. The SMILES string of the molecule is NS(=O)(=O)N1CCS(=O)(=O)CC1CC(=O)O. The van der Waals surface area contributed by atoms with E-state index in [2.05, 4.69) is 0 Å². The number of rotatable bonds is 3. The first kappa shape index (κ1) is 13.4. The molecular formula is C6H12N2O6S2. The van der Waals surface area contributed by atoms with E-state index < -0.39 is 44.2 Å². The molecule has 0 aliphatic carbocycles. The Balaban J connectivity index is 2.97. The topological polar surface area (TPSA) is 135 Å². The van der Waals surface area contributed by atoms with E-state index in [0.717, 1.165) is 4.31 Å². The van der Waals surface area contributed by atoms with Gasteiger partial charge in [0.05, 0.1) is 24.0 Å². The zero-order chi connectivity index (χ0) is 12.6. The zero-order valence-corrected chi connectivity index (χ0v) is 9.87. The van der Waals surface area contributed by atoms with Crippen LogP contribution in [0.15, 0.2) is 0 Å². The summed E-state index contributed by atoms with van der Waals surface area (Å²) in [4.78, 5) is 10.5. The van der Waals surface area contributed by atoms with Crippen LogP contribution in [-0.4, -0.2) is 56.3 Å². The number of carbonyl (C=O) groups is 1. The molecule has 0 aromatic carbocycles. The Morgan fingerprint density at radius 1 is 1.50 bits per heavy atom. The van der Waals surface area contributed by atoms with Gasteiger partial charge in [0.1, 0.15) is 0 Å². The van der Waals surface area contributed by atoms with Crippen molar-refractivity contribution < 1.29 is 26.7 Å². The summed E-state index contributed by atoms with van der Waals surface area (Å²) in [6.45, 7) is -0.293. The molecule has 1 atom stereocenters. The van der Waals surface area contributed by atoms with Gasteiger partial charge in [-0.3, -0.25) is 4.79 Å². The van der Waals surface area contributed by atoms with Crippen LogP contribution in [-0.2, 0) is 24.8 Å². The normalized spacial score (nSPS) is 26.4. The second-order valence-corrected chi connectivity index (χ2v) is 7.25. The van der Waals surface area contributed by atoms with Gasteiger partial charge in [0.2, 0.25) is 0 Å². The number of hydrogen-bond donors (Lipinski definition) is 2. The summed E-state index contributed by atoms with van der Waals surface area (Å²) in [5, 5.41) is 13.4. The van der Waals surface area contributed by atoms with Crippen LogP contribution >= 0.6 is 0 Å². The molecule has 0 bridgehead atoms. The minimum absolute atomic E-state index is 0.293. The number of nitrogens with zero attached hydrogens (tertiary/aromatic N) is 1. The van der Waals surface area contributed by atoms with Gasteiger partial charge in [-0.15, -0.1) is 0 Å². The number of carboxylic acid groups (broad SMARTS) is 1. The van der Waals surface area contributed by atoms with Crippen LogP contribution in [0.2, 0.25) is 0 Å². The number of sulfone groups is 1. The fraction of sp³-hybridized carbons (Fsp3) is 0.833. The molecular weight excluding hydrogens is 260 g/mol. The first-order chi connectivity index (χ1) is 7.12. The van der Waals surface area contributed by atoms with Crippen molar-refractivity contribution in [1.29, 1.82) is 0 Å². The van der Waals surface area contributed by atoms with E-state index in [9.17, 15) is 21.6 Å². The summed E-state index contributed by atoms with van der Waals surface area (Å²) >= 11 is 0. The lowest BCUT2D eigenvalue weighted by Gasteiger charge is -2.31. The standard InChI is InChI=1S/C6H12N2O6S2/c7-16(13,14)8-1-2-15(11,12)4-5(8)3-6(9)10/h5H,1-4H2,(H,9,10)(H2,7,13,14). The molecule has 1 heterocycles. The summed E-state index contributed by atoms with van der Waals surface area (Å²) in [6.07, 6.45) is -0.574. The van der Waals surface area contributed by atoms with Crippen molar-refractivity contribution in [2.45, 2.75) is 12.5 Å². The highest BCUT2D eigenvalue weighted by atomic mass is 32.2. The van der Waals surface area contributed by atoms with Crippen LogP contribution in [0.1, 0.15) is 6.42 Å². The minimum Gasteiger partial charge on any atom is -0.481 e. The Hall–Kier alpha value is -0.710. The predicted molar refractivity (Wildman–Crippen MR) is 54.5 cm³/mol. The van der Waals surface area contributed by atoms with Gasteiger partial charge in [0.25, 0.3) is 10.2 Å². The van der Waals surface area contributed by atoms with Gasteiger partial charge in [0.15, 0.2) is 9.84 Å². The van der Waals surface area contributed by atoms with Crippen LogP contribution in [0.5, 0.6) is 0 Å². The summed E-state index contributed by atoms with van der Waals surface area (Å²) in [6, 6.07) is -1.12. The van der Waals surface area contributed by atoms with E-state index in [1.807, 2.05) is 0 Å². The van der Waals surface area contributed by atoms with E-state index in [0.29, 0.717) is 0 Å². The van der Waals surface area contributed by atoms with Crippen LogP contribution in [0.25, 0.3) is 0 Å². The van der Waals surface area contributed by atoms with Crippen molar-refractivity contribution in [1.82, 2.24) is 4.31 Å². The van der Waals surface area contributed by atoms with E-state index in [-0.39, 0.29) is 12.3 Å². The molecule has 1 rings (SSSR count). The second kappa shape index (κ2) is 4.28. The van der Waals surface area contributed by atoms with E-state index in [1.165, 1.54) is 0 Å². The molecule has 0 spiro atoms. The Morgan fingerprint density at radius 3 is 2.50 bits per heavy atom. The predicted octanol–water partition coefficient (Wildman–Crippen LogP) is -2.24. The molecule has 0 radical (unpaired) electrons. The van der Waals surface area contributed by atoms with Gasteiger partial charge in [0, 0.05) is 6.54 Å². The molecule has 3 N–H and O–H groups in total. The molecule has 1 aliphatic rings. The maximum atomic E-state index is 11.3. The molecule has 1 unspecified atom stereocenters. The number of aliphatic carboxylic acids is 1. The first-order valence-electron chi connectivity index (χ1n) is 4.33. The monoisotopic (exact) mass is 272 g/mol. The average Bonchev–Trinajstić information content (AvgIpc) is 1.97. The summed E-state index contributed by atoms with van der Waals surface area (Å²) < 4.78 is 45.5. The molecule has 0 aromatic rings. The fourth-order valence-electron chi connectivity index (χ4n) is 1.57. The summed E-state index contributed by atoms with van der Waals surface area (Å²) in [5.41, 5.74) is 0. The van der Waals surface area contributed by atoms with Crippen molar-refractivity contribution in [3.63, 3.8) is 0 Å². The molecule has 10 heteroatoms. The third kappa shape index (κ3) is 3.40. The van der Waals surface area contributed by atoms with Crippen molar-refractivity contribution >= 4 is 26.0 Å². The molecule has 1 fully saturated rings.